The summed E-state index contributed by atoms with van der Waals surface area (Å²) in [7, 11) is 2.39. The summed E-state index contributed by atoms with van der Waals surface area (Å²) in [5.41, 5.74) is 0.929. The molecule has 37 heavy (non-hydrogen) atoms. The zero-order valence-corrected chi connectivity index (χ0v) is 20.6. The summed E-state index contributed by atoms with van der Waals surface area (Å²) in [4.78, 5) is 36.5. The van der Waals surface area contributed by atoms with Gasteiger partial charge in [0.1, 0.15) is 5.75 Å². The zero-order valence-electron chi connectivity index (χ0n) is 19.8. The van der Waals surface area contributed by atoms with Crippen LogP contribution < -0.4 is 10.1 Å². The third kappa shape index (κ3) is 7.13. The monoisotopic (exact) mass is 532 g/mol. The van der Waals surface area contributed by atoms with Crippen LogP contribution in [0.15, 0.2) is 60.3 Å². The Morgan fingerprint density at radius 1 is 1.05 bits per heavy atom. The molecule has 1 aromatic heterocycles. The van der Waals surface area contributed by atoms with E-state index in [9.17, 15) is 23.2 Å². The largest absolute Gasteiger partial charge is 0.465 e. The Morgan fingerprint density at radius 3 is 2.22 bits per heavy atom. The molecule has 0 aliphatic rings. The normalized spacial score (nSPS) is 10.6. The van der Waals surface area contributed by atoms with Gasteiger partial charge >= 0.3 is 18.6 Å². The number of ether oxygens (including phenoxy) is 3. The minimum atomic E-state index is -2.93. The maximum atomic E-state index is 12.6. The van der Waals surface area contributed by atoms with E-state index in [1.54, 1.807) is 22.8 Å². The molecule has 10 nitrogen and oxygen atoms in total. The number of hydrogen-bond donors (Lipinski definition) is 1. The lowest BCUT2D eigenvalue weighted by atomic mass is 10.1. The van der Waals surface area contributed by atoms with Gasteiger partial charge in [-0.25, -0.2) is 9.59 Å². The molecule has 3 rings (SSSR count). The molecule has 1 N–H and O–H groups in total. The number of methoxy groups -OCH3 is 2. The highest BCUT2D eigenvalue weighted by molar-refractivity contribution is 7.99. The highest BCUT2D eigenvalue weighted by Gasteiger charge is 2.18. The molecule has 194 valence electrons. The Balaban J connectivity index is 1.75. The SMILES string of the molecule is C=CCn1c(SCC(=O)Nc2cc(C(=O)OC)cc(C(=O)OC)c2)nnc1-c1ccc(OC(F)F)cc1. The van der Waals surface area contributed by atoms with E-state index in [0.29, 0.717) is 23.1 Å². The van der Waals surface area contributed by atoms with E-state index in [1.165, 1.54) is 44.6 Å². The lowest BCUT2D eigenvalue weighted by Crippen LogP contribution is -2.16. The van der Waals surface area contributed by atoms with E-state index in [-0.39, 0.29) is 28.3 Å². The average molecular weight is 533 g/mol. The topological polar surface area (TPSA) is 122 Å². The van der Waals surface area contributed by atoms with Gasteiger partial charge in [-0.15, -0.1) is 16.8 Å². The van der Waals surface area contributed by atoms with Gasteiger partial charge in [0.05, 0.1) is 31.1 Å². The number of halogens is 2. The number of carbonyl (C=O) groups is 3. The van der Waals surface area contributed by atoms with Gasteiger partial charge in [0.15, 0.2) is 11.0 Å². The summed E-state index contributed by atoms with van der Waals surface area (Å²) in [6.07, 6.45) is 1.62. The second-order valence-electron chi connectivity index (χ2n) is 7.23. The Hall–Kier alpha value is -4.26. The fourth-order valence-electron chi connectivity index (χ4n) is 3.19. The van der Waals surface area contributed by atoms with Crippen LogP contribution in [0.5, 0.6) is 5.75 Å². The first kappa shape index (κ1) is 27.3. The number of nitrogens with one attached hydrogen (secondary N) is 1. The standard InChI is InChI=1S/C24H22F2N4O6S/c1-4-9-30-20(14-5-7-18(8-6-14)36-23(25)26)28-29-24(30)37-13-19(31)27-17-11-15(21(32)34-2)10-16(12-17)22(33)35-3/h4-8,10-12,23H,1,9,13H2,2-3H3,(H,27,31). The molecule has 0 saturated carbocycles. The van der Waals surface area contributed by atoms with Crippen LogP contribution in [0.4, 0.5) is 14.5 Å². The van der Waals surface area contributed by atoms with Gasteiger partial charge < -0.3 is 19.5 Å². The Bertz CT molecular complexity index is 1260. The summed E-state index contributed by atoms with van der Waals surface area (Å²) in [6.45, 7) is 1.12. The van der Waals surface area contributed by atoms with Crippen LogP contribution in [0, 0.1) is 0 Å². The van der Waals surface area contributed by atoms with Crippen molar-refractivity contribution in [3.05, 3.63) is 66.2 Å². The van der Waals surface area contributed by atoms with E-state index in [1.807, 2.05) is 0 Å². The number of thioether (sulfide) groups is 1. The van der Waals surface area contributed by atoms with Gasteiger partial charge in [0.25, 0.3) is 0 Å². The second-order valence-corrected chi connectivity index (χ2v) is 8.17. The number of benzene rings is 2. The molecule has 0 spiro atoms. The van der Waals surface area contributed by atoms with Crippen molar-refractivity contribution < 1.29 is 37.4 Å². The number of alkyl halides is 2. The average Bonchev–Trinajstić information content (AvgIpc) is 3.29. The minimum Gasteiger partial charge on any atom is -0.465 e. The molecule has 0 bridgehead atoms. The smallest absolute Gasteiger partial charge is 0.387 e. The quantitative estimate of drug-likeness (QED) is 0.222. The minimum absolute atomic E-state index is 0.00595. The Morgan fingerprint density at radius 2 is 1.68 bits per heavy atom. The van der Waals surface area contributed by atoms with Crippen LogP contribution in [0.25, 0.3) is 11.4 Å². The molecule has 0 unspecified atom stereocenters. The molecular formula is C24H22F2N4O6S. The summed E-state index contributed by atoms with van der Waals surface area (Å²) in [5, 5.41) is 11.3. The van der Waals surface area contributed by atoms with Crippen molar-refractivity contribution in [1.29, 1.82) is 0 Å². The predicted octanol–water partition coefficient (Wildman–Crippen LogP) is 4.04. The predicted molar refractivity (Wildman–Crippen MR) is 131 cm³/mol. The number of carbonyl (C=O) groups excluding carboxylic acids is 3. The fraction of sp³-hybridized carbons (Fsp3) is 0.208. The lowest BCUT2D eigenvalue weighted by molar-refractivity contribution is -0.113. The summed E-state index contributed by atoms with van der Waals surface area (Å²) < 4.78 is 40.3. The van der Waals surface area contributed by atoms with Gasteiger partial charge in [0.2, 0.25) is 5.91 Å². The lowest BCUT2D eigenvalue weighted by Gasteiger charge is -2.10. The van der Waals surface area contributed by atoms with Crippen molar-refractivity contribution in [3.63, 3.8) is 0 Å². The third-order valence-corrected chi connectivity index (χ3v) is 5.72. The number of aromatic nitrogens is 3. The number of esters is 2. The van der Waals surface area contributed by atoms with Crippen LogP contribution >= 0.6 is 11.8 Å². The first-order valence-corrected chi connectivity index (χ1v) is 11.6. The van der Waals surface area contributed by atoms with E-state index in [0.717, 1.165) is 11.8 Å². The highest BCUT2D eigenvalue weighted by Crippen LogP contribution is 2.26. The molecule has 0 saturated heterocycles. The van der Waals surface area contributed by atoms with Crippen molar-refractivity contribution in [1.82, 2.24) is 14.8 Å². The van der Waals surface area contributed by atoms with Crippen LogP contribution in [-0.4, -0.2) is 59.2 Å². The zero-order chi connectivity index (χ0) is 26.9. The summed E-state index contributed by atoms with van der Waals surface area (Å²) in [6, 6.07) is 9.96. The van der Waals surface area contributed by atoms with Crippen LogP contribution in [0.3, 0.4) is 0 Å². The molecule has 0 aliphatic heterocycles. The van der Waals surface area contributed by atoms with Crippen molar-refractivity contribution in [2.45, 2.75) is 18.3 Å². The number of nitrogens with zero attached hydrogens (tertiary/aromatic N) is 3. The van der Waals surface area contributed by atoms with Gasteiger partial charge in [-0.1, -0.05) is 17.8 Å². The van der Waals surface area contributed by atoms with Crippen molar-refractivity contribution >= 4 is 35.3 Å². The second kappa shape index (κ2) is 12.6. The molecule has 0 atom stereocenters. The molecule has 0 fully saturated rings. The Labute approximate surface area is 214 Å². The van der Waals surface area contributed by atoms with Gasteiger partial charge in [-0.05, 0) is 42.5 Å². The number of rotatable bonds is 11. The molecule has 2 aromatic carbocycles. The summed E-state index contributed by atoms with van der Waals surface area (Å²) >= 11 is 1.09. The Kier molecular flexibility index (Phi) is 9.33. The van der Waals surface area contributed by atoms with Crippen LogP contribution in [-0.2, 0) is 20.8 Å². The van der Waals surface area contributed by atoms with Crippen molar-refractivity contribution in [2.75, 3.05) is 25.3 Å². The number of hydrogen-bond acceptors (Lipinski definition) is 9. The van der Waals surface area contributed by atoms with E-state index >= 15 is 0 Å². The maximum Gasteiger partial charge on any atom is 0.387 e. The van der Waals surface area contributed by atoms with E-state index < -0.39 is 24.5 Å². The molecule has 13 heteroatoms. The van der Waals surface area contributed by atoms with Gasteiger partial charge in [0, 0.05) is 17.8 Å². The molecule has 0 radical (unpaired) electrons. The van der Waals surface area contributed by atoms with Crippen molar-refractivity contribution in [2.24, 2.45) is 0 Å². The highest BCUT2D eigenvalue weighted by atomic mass is 32.2. The molecule has 3 aromatic rings. The molecular weight excluding hydrogens is 510 g/mol. The van der Waals surface area contributed by atoms with E-state index in [2.05, 4.69) is 26.8 Å². The maximum absolute atomic E-state index is 12.6. The number of amides is 1. The third-order valence-electron chi connectivity index (χ3n) is 4.76. The number of anilines is 1. The van der Waals surface area contributed by atoms with Crippen LogP contribution in [0.1, 0.15) is 20.7 Å². The van der Waals surface area contributed by atoms with Crippen LogP contribution in [0.2, 0.25) is 0 Å². The van der Waals surface area contributed by atoms with E-state index in [4.69, 9.17) is 9.47 Å². The molecule has 0 aliphatic carbocycles. The number of allylic oxidation sites excluding steroid dienone is 1. The fourth-order valence-corrected chi connectivity index (χ4v) is 3.93. The van der Waals surface area contributed by atoms with Gasteiger partial charge in [-0.3, -0.25) is 9.36 Å². The first-order valence-electron chi connectivity index (χ1n) is 10.6. The first-order chi connectivity index (χ1) is 17.7. The summed E-state index contributed by atoms with van der Waals surface area (Å²) in [5.74, 6) is -1.44. The van der Waals surface area contributed by atoms with Gasteiger partial charge in [-0.2, -0.15) is 8.78 Å². The molecule has 1 amide bonds. The molecule has 1 heterocycles. The van der Waals surface area contributed by atoms with Crippen molar-refractivity contribution in [3.8, 4) is 17.1 Å².